The molecule has 1 aliphatic rings. The normalized spacial score (nSPS) is 16.4. The van der Waals surface area contributed by atoms with Crippen LogP contribution in [0.3, 0.4) is 0 Å². The third kappa shape index (κ3) is 3.89. The highest BCUT2D eigenvalue weighted by atomic mass is 35.5. The van der Waals surface area contributed by atoms with Crippen molar-refractivity contribution >= 4 is 24.0 Å². The number of halogens is 2. The Morgan fingerprint density at radius 1 is 1.21 bits per heavy atom. The van der Waals surface area contributed by atoms with Crippen LogP contribution in [0, 0.1) is 0 Å². The summed E-state index contributed by atoms with van der Waals surface area (Å²) in [5.41, 5.74) is 2.04. The standard InChI is InChI=1S/C18H22ClN3O.ClH/c1-2-23-13-17-21-10-7-16(22-17)18(8-11-20-12-9-18)14-5-3-4-6-15(14)19;/h3-7,10,20H,2,8-9,11-13H2,1H3;1H. The van der Waals surface area contributed by atoms with Crippen LogP contribution in [0.1, 0.15) is 36.8 Å². The van der Waals surface area contributed by atoms with Crippen LogP contribution in [0.15, 0.2) is 36.5 Å². The van der Waals surface area contributed by atoms with Crippen molar-refractivity contribution in [3.05, 3.63) is 58.6 Å². The van der Waals surface area contributed by atoms with Crippen LogP contribution in [0.25, 0.3) is 0 Å². The second-order valence-electron chi connectivity index (χ2n) is 5.81. The Labute approximate surface area is 154 Å². The lowest BCUT2D eigenvalue weighted by molar-refractivity contribution is 0.127. The van der Waals surface area contributed by atoms with Gasteiger partial charge in [-0.1, -0.05) is 29.8 Å². The summed E-state index contributed by atoms with van der Waals surface area (Å²) in [5.74, 6) is 0.731. The Balaban J connectivity index is 0.00000208. The van der Waals surface area contributed by atoms with Gasteiger partial charge in [0.25, 0.3) is 0 Å². The minimum Gasteiger partial charge on any atom is -0.374 e. The first-order chi connectivity index (χ1) is 11.3. The maximum absolute atomic E-state index is 6.53. The van der Waals surface area contributed by atoms with Gasteiger partial charge in [-0.2, -0.15) is 0 Å². The van der Waals surface area contributed by atoms with Crippen molar-refractivity contribution in [2.24, 2.45) is 0 Å². The van der Waals surface area contributed by atoms with Gasteiger partial charge in [0.15, 0.2) is 5.82 Å². The van der Waals surface area contributed by atoms with Crippen LogP contribution in [0.5, 0.6) is 0 Å². The molecule has 1 saturated heterocycles. The van der Waals surface area contributed by atoms with E-state index in [9.17, 15) is 0 Å². The number of hydrogen-bond donors (Lipinski definition) is 1. The molecule has 0 atom stereocenters. The summed E-state index contributed by atoms with van der Waals surface area (Å²) in [6, 6.07) is 10.1. The fourth-order valence-electron chi connectivity index (χ4n) is 3.29. The van der Waals surface area contributed by atoms with E-state index in [4.69, 9.17) is 21.3 Å². The molecule has 1 aliphatic heterocycles. The first-order valence-corrected chi connectivity index (χ1v) is 8.50. The summed E-state index contributed by atoms with van der Waals surface area (Å²) in [7, 11) is 0. The topological polar surface area (TPSA) is 47.0 Å². The number of rotatable bonds is 5. The van der Waals surface area contributed by atoms with Crippen LogP contribution in [0.4, 0.5) is 0 Å². The van der Waals surface area contributed by atoms with Gasteiger partial charge >= 0.3 is 0 Å². The minimum atomic E-state index is -0.159. The minimum absolute atomic E-state index is 0. The van der Waals surface area contributed by atoms with Crippen molar-refractivity contribution in [3.8, 4) is 0 Å². The number of aromatic nitrogens is 2. The molecular weight excluding hydrogens is 345 g/mol. The van der Waals surface area contributed by atoms with Gasteiger partial charge in [0, 0.05) is 23.2 Å². The van der Waals surface area contributed by atoms with Gasteiger partial charge in [0.2, 0.25) is 0 Å². The van der Waals surface area contributed by atoms with Crippen molar-refractivity contribution in [3.63, 3.8) is 0 Å². The van der Waals surface area contributed by atoms with Gasteiger partial charge in [-0.15, -0.1) is 12.4 Å². The SMILES string of the molecule is CCOCc1nccc(C2(c3ccccc3Cl)CCNCC2)n1.Cl. The van der Waals surface area contributed by atoms with Crippen LogP contribution < -0.4 is 5.32 Å². The van der Waals surface area contributed by atoms with E-state index in [1.807, 2.05) is 37.4 Å². The maximum atomic E-state index is 6.53. The van der Waals surface area contributed by atoms with E-state index in [0.717, 1.165) is 48.0 Å². The lowest BCUT2D eigenvalue weighted by Crippen LogP contribution is -2.41. The molecule has 1 N–H and O–H groups in total. The Hall–Kier alpha value is -1.20. The highest BCUT2D eigenvalue weighted by molar-refractivity contribution is 6.31. The molecule has 24 heavy (non-hydrogen) atoms. The Bertz CT molecular complexity index is 660. The summed E-state index contributed by atoms with van der Waals surface area (Å²) in [6.45, 7) is 4.99. The zero-order chi connectivity index (χ0) is 16.1. The number of piperidine rings is 1. The maximum Gasteiger partial charge on any atom is 0.154 e. The Morgan fingerprint density at radius 3 is 2.67 bits per heavy atom. The molecule has 130 valence electrons. The fourth-order valence-corrected chi connectivity index (χ4v) is 3.61. The van der Waals surface area contributed by atoms with Gasteiger partial charge in [0.05, 0.1) is 5.69 Å². The second-order valence-corrected chi connectivity index (χ2v) is 6.21. The molecule has 1 fully saturated rings. The average Bonchev–Trinajstić information content (AvgIpc) is 2.61. The van der Waals surface area contributed by atoms with E-state index in [0.29, 0.717) is 13.2 Å². The molecule has 0 spiro atoms. The van der Waals surface area contributed by atoms with Crippen LogP contribution in [-0.2, 0) is 16.8 Å². The van der Waals surface area contributed by atoms with Crippen LogP contribution in [-0.4, -0.2) is 29.7 Å². The van der Waals surface area contributed by atoms with Crippen LogP contribution in [0.2, 0.25) is 5.02 Å². The summed E-state index contributed by atoms with van der Waals surface area (Å²) >= 11 is 6.53. The number of nitrogens with zero attached hydrogens (tertiary/aromatic N) is 2. The quantitative estimate of drug-likeness (QED) is 0.873. The third-order valence-corrected chi connectivity index (χ3v) is 4.81. The highest BCUT2D eigenvalue weighted by Crippen LogP contribution is 2.42. The van der Waals surface area contributed by atoms with Gasteiger partial charge in [-0.05, 0) is 50.6 Å². The lowest BCUT2D eigenvalue weighted by Gasteiger charge is -2.38. The largest absolute Gasteiger partial charge is 0.374 e. The molecule has 1 aromatic carbocycles. The lowest BCUT2D eigenvalue weighted by atomic mass is 9.70. The molecule has 0 aliphatic carbocycles. The van der Waals surface area contributed by atoms with E-state index in [2.05, 4.69) is 16.4 Å². The molecule has 6 heteroatoms. The van der Waals surface area contributed by atoms with E-state index in [-0.39, 0.29) is 17.8 Å². The molecule has 0 unspecified atom stereocenters. The predicted molar refractivity (Wildman–Crippen MR) is 98.9 cm³/mol. The Kier molecular flexibility index (Phi) is 6.99. The van der Waals surface area contributed by atoms with Crippen molar-refractivity contribution in [1.82, 2.24) is 15.3 Å². The fraction of sp³-hybridized carbons (Fsp3) is 0.444. The van der Waals surface area contributed by atoms with E-state index >= 15 is 0 Å². The highest BCUT2D eigenvalue weighted by Gasteiger charge is 2.38. The van der Waals surface area contributed by atoms with Crippen LogP contribution >= 0.6 is 24.0 Å². The molecule has 0 bridgehead atoms. The molecule has 2 heterocycles. The van der Waals surface area contributed by atoms with Crippen molar-refractivity contribution in [2.45, 2.75) is 31.8 Å². The molecular formula is C18H23Cl2N3O. The molecule has 0 radical (unpaired) electrons. The number of nitrogens with one attached hydrogen (secondary N) is 1. The number of hydrogen-bond acceptors (Lipinski definition) is 4. The smallest absolute Gasteiger partial charge is 0.154 e. The molecule has 1 aromatic heterocycles. The van der Waals surface area contributed by atoms with Crippen molar-refractivity contribution < 1.29 is 4.74 Å². The van der Waals surface area contributed by atoms with E-state index < -0.39 is 0 Å². The molecule has 4 nitrogen and oxygen atoms in total. The van der Waals surface area contributed by atoms with E-state index in [1.165, 1.54) is 0 Å². The van der Waals surface area contributed by atoms with Crippen molar-refractivity contribution in [1.29, 1.82) is 0 Å². The molecule has 0 saturated carbocycles. The Morgan fingerprint density at radius 2 is 1.96 bits per heavy atom. The van der Waals surface area contributed by atoms with Gasteiger partial charge in [-0.25, -0.2) is 9.97 Å². The van der Waals surface area contributed by atoms with E-state index in [1.54, 1.807) is 0 Å². The molecule has 3 rings (SSSR count). The summed E-state index contributed by atoms with van der Waals surface area (Å²) in [5, 5.41) is 4.24. The predicted octanol–water partition coefficient (Wildman–Crippen LogP) is 3.76. The first-order valence-electron chi connectivity index (χ1n) is 8.12. The summed E-state index contributed by atoms with van der Waals surface area (Å²) in [4.78, 5) is 9.14. The number of benzene rings is 1. The molecule has 0 amide bonds. The summed E-state index contributed by atoms with van der Waals surface area (Å²) < 4.78 is 5.46. The monoisotopic (exact) mass is 367 g/mol. The first kappa shape index (κ1) is 19.1. The summed E-state index contributed by atoms with van der Waals surface area (Å²) in [6.07, 6.45) is 3.78. The second kappa shape index (κ2) is 8.77. The zero-order valence-corrected chi connectivity index (χ0v) is 15.4. The van der Waals surface area contributed by atoms with Gasteiger partial charge in [-0.3, -0.25) is 0 Å². The zero-order valence-electron chi connectivity index (χ0n) is 13.8. The van der Waals surface area contributed by atoms with Crippen molar-refractivity contribution in [2.75, 3.05) is 19.7 Å². The molecule has 2 aromatic rings. The number of ether oxygens (including phenoxy) is 1. The van der Waals surface area contributed by atoms with Gasteiger partial charge < -0.3 is 10.1 Å². The average molecular weight is 368 g/mol. The third-order valence-electron chi connectivity index (χ3n) is 4.48. The van der Waals surface area contributed by atoms with Gasteiger partial charge in [0.1, 0.15) is 6.61 Å².